The number of aromatic nitrogens is 3. The fourth-order valence-corrected chi connectivity index (χ4v) is 5.33. The fraction of sp³-hybridized carbons (Fsp3) is 0.684. The number of hydrogen-bond donors (Lipinski definition) is 2. The highest BCUT2D eigenvalue weighted by Gasteiger charge is 2.47. The van der Waals surface area contributed by atoms with Crippen LogP contribution in [-0.4, -0.2) is 58.2 Å². The minimum atomic E-state index is 0.507. The Hall–Kier alpha value is -1.66. The van der Waals surface area contributed by atoms with Crippen LogP contribution in [-0.2, 0) is 0 Å². The monoisotopic (exact) mass is 340 g/mol. The summed E-state index contributed by atoms with van der Waals surface area (Å²) < 4.78 is 2.39. The third-order valence-electron chi connectivity index (χ3n) is 6.87. The van der Waals surface area contributed by atoms with Gasteiger partial charge in [-0.3, -0.25) is 4.90 Å². The van der Waals surface area contributed by atoms with E-state index in [0.717, 1.165) is 22.8 Å². The molecule has 0 radical (unpaired) electrons. The van der Waals surface area contributed by atoms with Crippen molar-refractivity contribution < 1.29 is 0 Å². The van der Waals surface area contributed by atoms with Gasteiger partial charge < -0.3 is 15.2 Å². The standard InChI is InChI=1S/C19H28N6/c1-20-17-16-4-8-25(18(16)23-13-22-17)15-3-2-14(10-15)11-24-9-6-19(24)5-7-21-12-19/h4,8,13-15,21H,2-3,5-7,9-12H2,1H3,(H,20,22,23). The molecule has 0 aromatic carbocycles. The molecule has 1 spiro atoms. The Morgan fingerprint density at radius 3 is 3.04 bits per heavy atom. The highest BCUT2D eigenvalue weighted by atomic mass is 15.3. The van der Waals surface area contributed by atoms with Gasteiger partial charge in [0.25, 0.3) is 0 Å². The van der Waals surface area contributed by atoms with Gasteiger partial charge in [0.15, 0.2) is 0 Å². The van der Waals surface area contributed by atoms with Crippen LogP contribution in [0.1, 0.15) is 38.1 Å². The summed E-state index contributed by atoms with van der Waals surface area (Å²) in [4.78, 5) is 11.7. The van der Waals surface area contributed by atoms with E-state index in [1.54, 1.807) is 6.33 Å². The molecule has 134 valence electrons. The molecule has 2 saturated heterocycles. The maximum absolute atomic E-state index is 4.56. The van der Waals surface area contributed by atoms with Crippen LogP contribution in [0.5, 0.6) is 0 Å². The van der Waals surface area contributed by atoms with Crippen molar-refractivity contribution >= 4 is 16.9 Å². The van der Waals surface area contributed by atoms with Crippen LogP contribution in [0.3, 0.4) is 0 Å². The highest BCUT2D eigenvalue weighted by Crippen LogP contribution is 2.42. The Balaban J connectivity index is 1.30. The Morgan fingerprint density at radius 1 is 1.32 bits per heavy atom. The van der Waals surface area contributed by atoms with E-state index in [2.05, 4.69) is 42.3 Å². The molecule has 5 rings (SSSR count). The van der Waals surface area contributed by atoms with Gasteiger partial charge >= 0.3 is 0 Å². The SMILES string of the molecule is CNc1ncnc2c1ccn2C1CCC(CN2CCC23CCNC3)C1. The fourth-order valence-electron chi connectivity index (χ4n) is 5.33. The molecule has 0 bridgehead atoms. The smallest absolute Gasteiger partial charge is 0.145 e. The number of nitrogens with one attached hydrogen (secondary N) is 2. The zero-order valence-electron chi connectivity index (χ0n) is 15.0. The van der Waals surface area contributed by atoms with Gasteiger partial charge in [-0.2, -0.15) is 0 Å². The summed E-state index contributed by atoms with van der Waals surface area (Å²) in [6.45, 7) is 4.99. The van der Waals surface area contributed by atoms with E-state index in [-0.39, 0.29) is 0 Å². The summed E-state index contributed by atoms with van der Waals surface area (Å²) in [6, 6.07) is 2.74. The van der Waals surface area contributed by atoms with Crippen LogP contribution in [0.2, 0.25) is 0 Å². The van der Waals surface area contributed by atoms with Crippen molar-refractivity contribution in [3.63, 3.8) is 0 Å². The lowest BCUT2D eigenvalue weighted by atomic mass is 9.82. The van der Waals surface area contributed by atoms with Crippen LogP contribution in [0, 0.1) is 5.92 Å². The van der Waals surface area contributed by atoms with Crippen molar-refractivity contribution in [2.45, 2.75) is 43.7 Å². The lowest BCUT2D eigenvalue weighted by molar-refractivity contribution is -0.0109. The number of hydrogen-bond acceptors (Lipinski definition) is 5. The maximum atomic E-state index is 4.56. The molecule has 3 unspecified atom stereocenters. The topological polar surface area (TPSA) is 58.0 Å². The summed E-state index contributed by atoms with van der Waals surface area (Å²) in [7, 11) is 1.92. The largest absolute Gasteiger partial charge is 0.372 e. The number of rotatable bonds is 4. The second kappa shape index (κ2) is 5.95. The third-order valence-corrected chi connectivity index (χ3v) is 6.87. The van der Waals surface area contributed by atoms with Crippen LogP contribution >= 0.6 is 0 Å². The Kier molecular flexibility index (Phi) is 3.71. The average Bonchev–Trinajstić information content (AvgIpc) is 3.37. The average molecular weight is 340 g/mol. The summed E-state index contributed by atoms with van der Waals surface area (Å²) in [5.74, 6) is 1.75. The molecule has 3 fully saturated rings. The molecular weight excluding hydrogens is 312 g/mol. The predicted molar refractivity (Wildman–Crippen MR) is 99.9 cm³/mol. The highest BCUT2D eigenvalue weighted by molar-refractivity contribution is 5.87. The summed E-state index contributed by atoms with van der Waals surface area (Å²) in [5.41, 5.74) is 1.58. The lowest BCUT2D eigenvalue weighted by Gasteiger charge is -2.51. The first-order chi connectivity index (χ1) is 12.3. The number of anilines is 1. The molecular formula is C19H28N6. The molecule has 0 amide bonds. The normalized spacial score (nSPS) is 32.5. The van der Waals surface area contributed by atoms with Gasteiger partial charge in [0, 0.05) is 44.5 Å². The van der Waals surface area contributed by atoms with Crippen molar-refractivity contribution in [1.29, 1.82) is 0 Å². The number of likely N-dealkylation sites (tertiary alicyclic amines) is 1. The van der Waals surface area contributed by atoms with Crippen LogP contribution in [0.4, 0.5) is 5.82 Å². The van der Waals surface area contributed by atoms with Gasteiger partial charge in [0.05, 0.1) is 5.39 Å². The quantitative estimate of drug-likeness (QED) is 0.894. The second-order valence-corrected chi connectivity index (χ2v) is 8.11. The molecule has 6 nitrogen and oxygen atoms in total. The van der Waals surface area contributed by atoms with E-state index in [4.69, 9.17) is 0 Å². The first-order valence-corrected chi connectivity index (χ1v) is 9.74. The Labute approximate surface area is 149 Å². The molecule has 6 heteroatoms. The van der Waals surface area contributed by atoms with Crippen LogP contribution in [0.15, 0.2) is 18.6 Å². The van der Waals surface area contributed by atoms with Gasteiger partial charge in [-0.05, 0) is 50.6 Å². The Morgan fingerprint density at radius 2 is 2.28 bits per heavy atom. The van der Waals surface area contributed by atoms with Gasteiger partial charge in [0.2, 0.25) is 0 Å². The molecule has 2 aliphatic heterocycles. The minimum Gasteiger partial charge on any atom is -0.372 e. The molecule has 3 atom stereocenters. The number of nitrogens with zero attached hydrogens (tertiary/aromatic N) is 4. The summed E-state index contributed by atoms with van der Waals surface area (Å²) >= 11 is 0. The summed E-state index contributed by atoms with van der Waals surface area (Å²) in [6.07, 6.45) is 10.5. The van der Waals surface area contributed by atoms with E-state index in [1.807, 2.05) is 7.05 Å². The van der Waals surface area contributed by atoms with E-state index in [9.17, 15) is 0 Å². The van der Waals surface area contributed by atoms with Gasteiger partial charge in [0.1, 0.15) is 17.8 Å². The predicted octanol–water partition coefficient (Wildman–Crippen LogP) is 2.25. The van der Waals surface area contributed by atoms with Gasteiger partial charge in [-0.25, -0.2) is 9.97 Å². The van der Waals surface area contributed by atoms with Crippen molar-refractivity contribution in [2.24, 2.45) is 5.92 Å². The first kappa shape index (κ1) is 15.6. The van der Waals surface area contributed by atoms with E-state index in [0.29, 0.717) is 11.6 Å². The third kappa shape index (κ3) is 2.46. The maximum Gasteiger partial charge on any atom is 0.145 e. The van der Waals surface area contributed by atoms with Gasteiger partial charge in [-0.1, -0.05) is 0 Å². The van der Waals surface area contributed by atoms with E-state index in [1.165, 1.54) is 58.3 Å². The first-order valence-electron chi connectivity index (χ1n) is 9.74. The minimum absolute atomic E-state index is 0.507. The van der Waals surface area contributed by atoms with Crippen LogP contribution in [0.25, 0.3) is 11.0 Å². The van der Waals surface area contributed by atoms with Crippen molar-refractivity contribution in [2.75, 3.05) is 38.5 Å². The zero-order valence-corrected chi connectivity index (χ0v) is 15.0. The molecule has 1 aliphatic carbocycles. The molecule has 25 heavy (non-hydrogen) atoms. The lowest BCUT2D eigenvalue weighted by Crippen LogP contribution is -2.62. The van der Waals surface area contributed by atoms with E-state index < -0.39 is 0 Å². The van der Waals surface area contributed by atoms with E-state index >= 15 is 0 Å². The second-order valence-electron chi connectivity index (χ2n) is 8.11. The van der Waals surface area contributed by atoms with Crippen molar-refractivity contribution in [3.05, 3.63) is 18.6 Å². The molecule has 4 heterocycles. The number of fused-ring (bicyclic) bond motifs is 1. The molecule has 2 aromatic rings. The zero-order chi connectivity index (χ0) is 16.9. The van der Waals surface area contributed by atoms with Crippen molar-refractivity contribution in [1.82, 2.24) is 24.8 Å². The van der Waals surface area contributed by atoms with Gasteiger partial charge in [-0.15, -0.1) is 0 Å². The molecule has 2 N–H and O–H groups in total. The van der Waals surface area contributed by atoms with Crippen LogP contribution < -0.4 is 10.6 Å². The summed E-state index contributed by atoms with van der Waals surface area (Å²) in [5, 5.41) is 7.87. The molecule has 3 aliphatic rings. The molecule has 2 aromatic heterocycles. The Bertz CT molecular complexity index is 762. The molecule has 1 saturated carbocycles. The van der Waals surface area contributed by atoms with Crippen molar-refractivity contribution in [3.8, 4) is 0 Å².